The second-order valence-electron chi connectivity index (χ2n) is 8.19. The molecule has 5 rings (SSSR count). The zero-order valence-corrected chi connectivity index (χ0v) is 20.7. The predicted molar refractivity (Wildman–Crippen MR) is 134 cm³/mol. The average Bonchev–Trinajstić information content (AvgIpc) is 3.49. The molecule has 0 bridgehead atoms. The van der Waals surface area contributed by atoms with E-state index in [1.165, 1.54) is 12.1 Å². The van der Waals surface area contributed by atoms with Crippen LogP contribution in [-0.2, 0) is 22.8 Å². The smallest absolute Gasteiger partial charge is 0.306 e. The number of imidazole rings is 1. The summed E-state index contributed by atoms with van der Waals surface area (Å²) in [5.41, 5.74) is 3.69. The summed E-state index contributed by atoms with van der Waals surface area (Å²) in [5.74, 6) is 0. The van der Waals surface area contributed by atoms with Crippen molar-refractivity contribution in [2.24, 2.45) is 0 Å². The van der Waals surface area contributed by atoms with Crippen molar-refractivity contribution >= 4 is 15.8 Å². The zero-order chi connectivity index (χ0) is 26.8. The monoisotopic (exact) mass is 528 g/mol. The number of halogens is 3. The van der Waals surface area contributed by atoms with Crippen LogP contribution < -0.4 is 0 Å². The van der Waals surface area contributed by atoms with Crippen LogP contribution in [0.5, 0.6) is 0 Å². The van der Waals surface area contributed by atoms with E-state index in [0.717, 1.165) is 33.2 Å². The Balaban J connectivity index is 0.000000245. The highest BCUT2D eigenvalue weighted by atomic mass is 32.2. The lowest BCUT2D eigenvalue weighted by Gasteiger charge is -2.07. The van der Waals surface area contributed by atoms with E-state index >= 15 is 0 Å². The molecule has 0 spiro atoms. The van der Waals surface area contributed by atoms with Crippen molar-refractivity contribution in [1.82, 2.24) is 19.2 Å². The number of alkyl halides is 3. The molecule has 1 N–H and O–H groups in total. The van der Waals surface area contributed by atoms with Gasteiger partial charge in [0, 0.05) is 30.1 Å². The first-order chi connectivity index (χ1) is 17.5. The summed E-state index contributed by atoms with van der Waals surface area (Å²) in [5, 5.41) is 4.08. The van der Waals surface area contributed by atoms with E-state index in [1.54, 1.807) is 31.2 Å². The molecule has 0 unspecified atom stereocenters. The van der Waals surface area contributed by atoms with Gasteiger partial charge in [-0.1, -0.05) is 48.0 Å². The van der Waals surface area contributed by atoms with Gasteiger partial charge >= 0.3 is 6.18 Å². The number of aromatic nitrogens is 4. The minimum atomic E-state index is -4.42. The van der Waals surface area contributed by atoms with E-state index in [-0.39, 0.29) is 11.4 Å². The van der Waals surface area contributed by atoms with Crippen molar-refractivity contribution in [3.05, 3.63) is 96.4 Å². The first-order valence-corrected chi connectivity index (χ1v) is 12.6. The van der Waals surface area contributed by atoms with E-state index < -0.39 is 22.0 Å². The zero-order valence-electron chi connectivity index (χ0n) is 19.9. The second-order valence-corrected chi connectivity index (χ2v) is 9.61. The average molecular weight is 529 g/mol. The summed E-state index contributed by atoms with van der Waals surface area (Å²) < 4.78 is 71.7. The molecule has 5 aromatic rings. The van der Waals surface area contributed by atoms with Crippen molar-refractivity contribution in [3.8, 4) is 22.5 Å². The molecule has 0 atom stereocenters. The maximum atomic E-state index is 13.1. The van der Waals surface area contributed by atoms with Crippen LogP contribution >= 0.6 is 0 Å². The van der Waals surface area contributed by atoms with Crippen LogP contribution in [0, 0.1) is 6.92 Å². The number of hydrogen-bond donors (Lipinski definition) is 1. The Bertz CT molecular complexity index is 1590. The SMILES string of the molecule is CCn1nc(-c2ccc(-c3cn4ccccc4n3)cc2)cc1C(F)(F)F.Cc1ccc(S(=O)(=O)O)cc1. The molecule has 0 saturated heterocycles. The molecule has 0 radical (unpaired) electrons. The lowest BCUT2D eigenvalue weighted by molar-refractivity contribution is -0.144. The van der Waals surface area contributed by atoms with E-state index in [0.29, 0.717) is 11.3 Å². The fraction of sp³-hybridized carbons (Fsp3) is 0.154. The first kappa shape index (κ1) is 26.1. The second kappa shape index (κ2) is 10.2. The molecule has 0 aliphatic heterocycles. The largest absolute Gasteiger partial charge is 0.433 e. The number of aryl methyl sites for hydroxylation is 2. The Kier molecular flexibility index (Phi) is 7.19. The van der Waals surface area contributed by atoms with Crippen LogP contribution in [0.1, 0.15) is 18.2 Å². The van der Waals surface area contributed by atoms with Crippen molar-refractivity contribution in [2.75, 3.05) is 0 Å². The third-order valence-electron chi connectivity index (χ3n) is 5.53. The third kappa shape index (κ3) is 6.07. The minimum absolute atomic E-state index is 0.0666. The molecular weight excluding hydrogens is 505 g/mol. The van der Waals surface area contributed by atoms with Gasteiger partial charge in [0.2, 0.25) is 0 Å². The number of hydrogen-bond acceptors (Lipinski definition) is 4. The topological polar surface area (TPSA) is 89.5 Å². The summed E-state index contributed by atoms with van der Waals surface area (Å²) in [6, 6.07) is 20.0. The molecule has 11 heteroatoms. The van der Waals surface area contributed by atoms with Crippen LogP contribution in [0.2, 0.25) is 0 Å². The van der Waals surface area contributed by atoms with E-state index in [9.17, 15) is 21.6 Å². The quantitative estimate of drug-likeness (QED) is 0.283. The van der Waals surface area contributed by atoms with Crippen LogP contribution in [0.25, 0.3) is 28.2 Å². The van der Waals surface area contributed by atoms with Gasteiger partial charge in [-0.2, -0.15) is 26.7 Å². The summed E-state index contributed by atoms with van der Waals surface area (Å²) in [6.45, 7) is 3.64. The maximum Gasteiger partial charge on any atom is 0.433 e. The normalized spacial score (nSPS) is 11.8. The molecular formula is C26H23F3N4O3S. The highest BCUT2D eigenvalue weighted by molar-refractivity contribution is 7.85. The fourth-order valence-corrected chi connectivity index (χ4v) is 4.10. The Hall–Kier alpha value is -3.96. The number of rotatable bonds is 4. The number of fused-ring (bicyclic) bond motifs is 1. The van der Waals surface area contributed by atoms with Crippen molar-refractivity contribution in [3.63, 3.8) is 0 Å². The molecule has 0 amide bonds. The third-order valence-corrected chi connectivity index (χ3v) is 6.40. The summed E-state index contributed by atoms with van der Waals surface area (Å²) >= 11 is 0. The van der Waals surface area contributed by atoms with E-state index in [2.05, 4.69) is 10.1 Å². The van der Waals surface area contributed by atoms with Gasteiger partial charge < -0.3 is 4.40 Å². The van der Waals surface area contributed by atoms with Crippen LogP contribution in [0.3, 0.4) is 0 Å². The Labute approximate surface area is 211 Å². The first-order valence-electron chi connectivity index (χ1n) is 11.2. The lowest BCUT2D eigenvalue weighted by atomic mass is 10.1. The number of pyridine rings is 1. The molecule has 0 aliphatic rings. The summed E-state index contributed by atoms with van der Waals surface area (Å²) in [4.78, 5) is 4.48. The molecule has 0 saturated carbocycles. The Morgan fingerprint density at radius 2 is 1.54 bits per heavy atom. The van der Waals surface area contributed by atoms with Gasteiger partial charge in [-0.3, -0.25) is 9.23 Å². The standard InChI is InChI=1S/C19H15F3N4.C7H8O3S/c1-2-26-17(19(20,21)22)11-15(24-26)13-6-8-14(9-7-13)16-12-25-10-4-3-5-18(25)23-16;1-6-2-4-7(5-3-6)11(8,9)10/h3-12H,2H2,1H3;2-5H,1H3,(H,8,9,10). The molecule has 7 nitrogen and oxygen atoms in total. The number of nitrogens with zero attached hydrogens (tertiary/aromatic N) is 4. The highest BCUT2D eigenvalue weighted by Crippen LogP contribution is 2.33. The summed E-state index contributed by atoms with van der Waals surface area (Å²) in [6.07, 6.45) is -0.591. The maximum absolute atomic E-state index is 13.1. The Morgan fingerprint density at radius 1 is 0.919 bits per heavy atom. The molecule has 2 aromatic carbocycles. The van der Waals surface area contributed by atoms with Gasteiger partial charge in [0.1, 0.15) is 11.3 Å². The summed E-state index contributed by atoms with van der Waals surface area (Å²) in [7, 11) is -4.02. The van der Waals surface area contributed by atoms with Gasteiger partial charge in [0.05, 0.1) is 16.3 Å². The van der Waals surface area contributed by atoms with Gasteiger partial charge in [0.15, 0.2) is 0 Å². The number of benzene rings is 2. The van der Waals surface area contributed by atoms with E-state index in [4.69, 9.17) is 4.55 Å². The van der Waals surface area contributed by atoms with E-state index in [1.807, 2.05) is 54.0 Å². The van der Waals surface area contributed by atoms with Crippen LogP contribution in [0.15, 0.2) is 90.1 Å². The van der Waals surface area contributed by atoms with Gasteiger partial charge in [-0.25, -0.2) is 4.98 Å². The molecule has 0 fully saturated rings. The molecule has 3 heterocycles. The van der Waals surface area contributed by atoms with Crippen molar-refractivity contribution in [2.45, 2.75) is 31.5 Å². The van der Waals surface area contributed by atoms with Gasteiger partial charge in [0.25, 0.3) is 10.1 Å². The fourth-order valence-electron chi connectivity index (χ4n) is 3.62. The molecule has 192 valence electrons. The van der Waals surface area contributed by atoms with Crippen LogP contribution in [-0.4, -0.2) is 32.1 Å². The van der Waals surface area contributed by atoms with Crippen LogP contribution in [0.4, 0.5) is 13.2 Å². The molecule has 3 aromatic heterocycles. The predicted octanol–water partition coefficient (Wildman–Crippen LogP) is 6.15. The molecule has 37 heavy (non-hydrogen) atoms. The van der Waals surface area contributed by atoms with Gasteiger partial charge in [-0.15, -0.1) is 0 Å². The highest BCUT2D eigenvalue weighted by Gasteiger charge is 2.35. The molecule has 0 aliphatic carbocycles. The minimum Gasteiger partial charge on any atom is -0.306 e. The van der Waals surface area contributed by atoms with Crippen molar-refractivity contribution in [1.29, 1.82) is 0 Å². The Morgan fingerprint density at radius 3 is 2.05 bits per heavy atom. The van der Waals surface area contributed by atoms with Gasteiger partial charge in [-0.05, 0) is 44.2 Å². The van der Waals surface area contributed by atoms with Crippen molar-refractivity contribution < 1.29 is 26.1 Å². The lowest BCUT2D eigenvalue weighted by Crippen LogP contribution is -2.13.